The number of nitrogens with two attached hydrogens (primary N) is 1. The van der Waals surface area contributed by atoms with Gasteiger partial charge in [-0.05, 0) is 13.3 Å². The predicted octanol–water partition coefficient (Wildman–Crippen LogP) is 1.16. The molecule has 0 saturated carbocycles. The zero-order chi connectivity index (χ0) is 15.0. The minimum Gasteiger partial charge on any atom is -0.383 e. The summed E-state index contributed by atoms with van der Waals surface area (Å²) in [5.74, 6) is 7.47. The predicted molar refractivity (Wildman–Crippen MR) is 79.5 cm³/mol. The topological polar surface area (TPSA) is 85.5 Å². The molecule has 0 aliphatic heterocycles. The van der Waals surface area contributed by atoms with E-state index in [1.807, 2.05) is 6.07 Å². The number of hydrazine groups is 1. The van der Waals surface area contributed by atoms with Gasteiger partial charge in [0.05, 0.1) is 6.61 Å². The Hall–Kier alpha value is -1.44. The standard InChI is InChI=1S/C13H25N5O2/c1-5-10(2)18(6-7-19-3)13-8-11(17-14)15-12(16-13)9-20-4/h8,10H,5-7,9,14H2,1-4H3,(H,15,16,17). The molecule has 0 saturated heterocycles. The zero-order valence-corrected chi connectivity index (χ0v) is 12.7. The van der Waals surface area contributed by atoms with Crippen molar-refractivity contribution in [3.05, 3.63) is 11.9 Å². The number of nitrogen functional groups attached to an aromatic ring is 1. The van der Waals surface area contributed by atoms with Gasteiger partial charge in [0.2, 0.25) is 0 Å². The molecule has 3 N–H and O–H groups in total. The molecule has 0 aliphatic rings. The van der Waals surface area contributed by atoms with E-state index in [1.54, 1.807) is 14.2 Å². The SMILES string of the molecule is CCC(C)N(CCOC)c1cc(NN)nc(COC)n1. The van der Waals surface area contributed by atoms with Gasteiger partial charge in [-0.15, -0.1) is 0 Å². The molecule has 7 nitrogen and oxygen atoms in total. The third kappa shape index (κ3) is 4.59. The third-order valence-electron chi connectivity index (χ3n) is 3.13. The Balaban J connectivity index is 3.06. The highest BCUT2D eigenvalue weighted by Crippen LogP contribution is 2.19. The molecule has 0 fully saturated rings. The molecule has 7 heteroatoms. The van der Waals surface area contributed by atoms with Gasteiger partial charge in [0.15, 0.2) is 5.82 Å². The first-order valence-electron chi connectivity index (χ1n) is 6.75. The maximum absolute atomic E-state index is 5.47. The maximum atomic E-state index is 5.47. The molecule has 1 aromatic rings. The summed E-state index contributed by atoms with van der Waals surface area (Å²) in [7, 11) is 3.31. The molecule has 1 heterocycles. The summed E-state index contributed by atoms with van der Waals surface area (Å²) in [6, 6.07) is 2.18. The normalized spacial score (nSPS) is 12.2. The van der Waals surface area contributed by atoms with Gasteiger partial charge in [-0.2, -0.15) is 0 Å². The van der Waals surface area contributed by atoms with E-state index in [9.17, 15) is 0 Å². The molecule has 0 aromatic carbocycles. The van der Waals surface area contributed by atoms with Crippen LogP contribution in [0, 0.1) is 0 Å². The third-order valence-corrected chi connectivity index (χ3v) is 3.13. The highest BCUT2D eigenvalue weighted by atomic mass is 16.5. The first-order chi connectivity index (χ1) is 9.65. The van der Waals surface area contributed by atoms with Crippen LogP contribution in [0.25, 0.3) is 0 Å². The lowest BCUT2D eigenvalue weighted by atomic mass is 10.2. The highest BCUT2D eigenvalue weighted by molar-refractivity contribution is 5.49. The number of ether oxygens (including phenoxy) is 2. The average molecular weight is 283 g/mol. The minimum absolute atomic E-state index is 0.348. The van der Waals surface area contributed by atoms with Gasteiger partial charge < -0.3 is 19.8 Å². The number of rotatable bonds is 9. The summed E-state index contributed by atoms with van der Waals surface area (Å²) >= 11 is 0. The van der Waals surface area contributed by atoms with Gasteiger partial charge in [0.1, 0.15) is 18.2 Å². The van der Waals surface area contributed by atoms with E-state index in [-0.39, 0.29) is 0 Å². The monoisotopic (exact) mass is 283 g/mol. The number of hydrogen-bond donors (Lipinski definition) is 2. The molecule has 1 rings (SSSR count). The summed E-state index contributed by atoms with van der Waals surface area (Å²) in [5, 5.41) is 0. The lowest BCUT2D eigenvalue weighted by molar-refractivity contribution is 0.177. The van der Waals surface area contributed by atoms with E-state index in [2.05, 4.69) is 34.1 Å². The highest BCUT2D eigenvalue weighted by Gasteiger charge is 2.16. The van der Waals surface area contributed by atoms with Gasteiger partial charge in [0.25, 0.3) is 0 Å². The molecule has 0 radical (unpaired) electrons. The summed E-state index contributed by atoms with van der Waals surface area (Å²) < 4.78 is 10.3. The Morgan fingerprint density at radius 2 is 2.10 bits per heavy atom. The van der Waals surface area contributed by atoms with Crippen LogP contribution >= 0.6 is 0 Å². The van der Waals surface area contributed by atoms with Crippen LogP contribution in [-0.2, 0) is 16.1 Å². The Morgan fingerprint density at radius 1 is 1.35 bits per heavy atom. The van der Waals surface area contributed by atoms with Crippen molar-refractivity contribution in [2.45, 2.75) is 32.9 Å². The van der Waals surface area contributed by atoms with Crippen molar-refractivity contribution < 1.29 is 9.47 Å². The molecule has 1 aromatic heterocycles. The number of aromatic nitrogens is 2. The second kappa shape index (κ2) is 8.68. The van der Waals surface area contributed by atoms with E-state index in [0.717, 1.165) is 18.8 Å². The van der Waals surface area contributed by atoms with Crippen molar-refractivity contribution in [3.63, 3.8) is 0 Å². The number of anilines is 2. The van der Waals surface area contributed by atoms with Crippen LogP contribution in [0.1, 0.15) is 26.1 Å². The van der Waals surface area contributed by atoms with Gasteiger partial charge in [-0.3, -0.25) is 0 Å². The van der Waals surface area contributed by atoms with Crippen molar-refractivity contribution in [1.82, 2.24) is 9.97 Å². The molecule has 20 heavy (non-hydrogen) atoms. The lowest BCUT2D eigenvalue weighted by Gasteiger charge is -2.30. The molecular weight excluding hydrogens is 258 g/mol. The van der Waals surface area contributed by atoms with Crippen molar-refractivity contribution in [2.75, 3.05) is 37.7 Å². The average Bonchev–Trinajstić information content (AvgIpc) is 2.47. The quantitative estimate of drug-likeness (QED) is 0.519. The Labute approximate surface area is 120 Å². The fourth-order valence-electron chi connectivity index (χ4n) is 1.87. The van der Waals surface area contributed by atoms with E-state index >= 15 is 0 Å². The number of nitrogens with zero attached hydrogens (tertiary/aromatic N) is 3. The van der Waals surface area contributed by atoms with Gasteiger partial charge >= 0.3 is 0 Å². The van der Waals surface area contributed by atoms with E-state index in [0.29, 0.717) is 30.9 Å². The minimum atomic E-state index is 0.348. The first kappa shape index (κ1) is 16.6. The van der Waals surface area contributed by atoms with Gasteiger partial charge in [-0.1, -0.05) is 6.92 Å². The summed E-state index contributed by atoms with van der Waals surface area (Å²) in [6.45, 7) is 6.05. The molecular formula is C13H25N5O2. The number of methoxy groups -OCH3 is 2. The molecule has 0 spiro atoms. The Kier molecular flexibility index (Phi) is 7.21. The molecule has 0 aliphatic carbocycles. The smallest absolute Gasteiger partial charge is 0.158 e. The Morgan fingerprint density at radius 3 is 2.65 bits per heavy atom. The van der Waals surface area contributed by atoms with Crippen molar-refractivity contribution in [3.8, 4) is 0 Å². The molecule has 0 amide bonds. The molecule has 114 valence electrons. The first-order valence-corrected chi connectivity index (χ1v) is 6.75. The van der Waals surface area contributed by atoms with Crippen LogP contribution in [0.5, 0.6) is 0 Å². The molecule has 1 atom stereocenters. The Bertz CT molecular complexity index is 402. The van der Waals surface area contributed by atoms with Crippen LogP contribution in [0.4, 0.5) is 11.6 Å². The van der Waals surface area contributed by atoms with Crippen molar-refractivity contribution in [1.29, 1.82) is 0 Å². The maximum Gasteiger partial charge on any atom is 0.158 e. The van der Waals surface area contributed by atoms with Crippen LogP contribution in [0.3, 0.4) is 0 Å². The number of hydrogen-bond acceptors (Lipinski definition) is 7. The van der Waals surface area contributed by atoms with E-state index in [4.69, 9.17) is 15.3 Å². The summed E-state index contributed by atoms with van der Waals surface area (Å²) in [6.07, 6.45) is 1.01. The molecule has 0 bridgehead atoms. The van der Waals surface area contributed by atoms with Crippen molar-refractivity contribution in [2.24, 2.45) is 5.84 Å². The lowest BCUT2D eigenvalue weighted by Crippen LogP contribution is -2.36. The van der Waals surface area contributed by atoms with E-state index < -0.39 is 0 Å². The zero-order valence-electron chi connectivity index (χ0n) is 12.7. The van der Waals surface area contributed by atoms with Gasteiger partial charge in [0, 0.05) is 32.9 Å². The van der Waals surface area contributed by atoms with Gasteiger partial charge in [-0.25, -0.2) is 15.8 Å². The van der Waals surface area contributed by atoms with Crippen LogP contribution in [0.2, 0.25) is 0 Å². The second-order valence-electron chi connectivity index (χ2n) is 4.55. The molecule has 1 unspecified atom stereocenters. The fraction of sp³-hybridized carbons (Fsp3) is 0.692. The number of nitrogens with one attached hydrogen (secondary N) is 1. The van der Waals surface area contributed by atoms with E-state index in [1.165, 1.54) is 0 Å². The summed E-state index contributed by atoms with van der Waals surface area (Å²) in [4.78, 5) is 11.0. The van der Waals surface area contributed by atoms with Crippen LogP contribution < -0.4 is 16.2 Å². The second-order valence-corrected chi connectivity index (χ2v) is 4.55. The van der Waals surface area contributed by atoms with Crippen LogP contribution in [-0.4, -0.2) is 43.4 Å². The fourth-order valence-corrected chi connectivity index (χ4v) is 1.87. The van der Waals surface area contributed by atoms with Crippen molar-refractivity contribution >= 4 is 11.6 Å². The van der Waals surface area contributed by atoms with Crippen LogP contribution in [0.15, 0.2) is 6.07 Å². The largest absolute Gasteiger partial charge is 0.383 e. The summed E-state index contributed by atoms with van der Waals surface area (Å²) in [5.41, 5.74) is 2.57.